The molecule has 0 unspecified atom stereocenters. The largest absolute Gasteiger partial charge is 0.314 e. The van der Waals surface area contributed by atoms with Gasteiger partial charge in [0.25, 0.3) is 0 Å². The molecule has 0 aliphatic carbocycles. The lowest BCUT2D eigenvalue weighted by Crippen LogP contribution is -2.47. The van der Waals surface area contributed by atoms with E-state index >= 15 is 0 Å². The van der Waals surface area contributed by atoms with Gasteiger partial charge in [0.15, 0.2) is 0 Å². The van der Waals surface area contributed by atoms with Crippen LogP contribution in [-0.4, -0.2) is 44.3 Å². The van der Waals surface area contributed by atoms with E-state index in [1.165, 1.54) is 0 Å². The molecule has 2 nitrogen and oxygen atoms in total. The molecule has 1 saturated heterocycles. The molecule has 1 N–H and O–H groups in total. The van der Waals surface area contributed by atoms with Crippen LogP contribution < -0.4 is 5.32 Å². The van der Waals surface area contributed by atoms with E-state index in [1.807, 2.05) is 13.8 Å². The van der Waals surface area contributed by atoms with Crippen molar-refractivity contribution >= 4 is 0 Å². The maximum absolute atomic E-state index is 12.5. The number of piperazine rings is 1. The summed E-state index contributed by atoms with van der Waals surface area (Å²) in [6, 6.07) is 0. The molecule has 1 heterocycles. The second-order valence-corrected chi connectivity index (χ2v) is 4.32. The van der Waals surface area contributed by atoms with Crippen molar-refractivity contribution in [3.63, 3.8) is 0 Å². The lowest BCUT2D eigenvalue weighted by Gasteiger charge is -2.33. The Morgan fingerprint density at radius 1 is 1.33 bits per heavy atom. The van der Waals surface area contributed by atoms with Crippen LogP contribution in [0.1, 0.15) is 13.8 Å². The predicted molar refractivity (Wildman–Crippen MR) is 49.1 cm³/mol. The van der Waals surface area contributed by atoms with E-state index in [1.54, 1.807) is 0 Å². The standard InChI is InChI=1S/C9H19FN2/c1-9(2,7-10)8-12-5-3-11-4-6-12/h11H,3-8H2,1-2H3. The Morgan fingerprint density at radius 3 is 2.42 bits per heavy atom. The van der Waals surface area contributed by atoms with Gasteiger partial charge >= 0.3 is 0 Å². The Labute approximate surface area is 74.1 Å². The first-order valence-corrected chi connectivity index (χ1v) is 4.63. The molecular formula is C9H19FN2. The van der Waals surface area contributed by atoms with Gasteiger partial charge in [-0.1, -0.05) is 13.8 Å². The number of nitrogens with one attached hydrogen (secondary N) is 1. The average molecular weight is 174 g/mol. The van der Waals surface area contributed by atoms with Crippen LogP contribution in [0, 0.1) is 5.41 Å². The molecule has 3 heteroatoms. The molecule has 1 aliphatic rings. The van der Waals surface area contributed by atoms with Crippen LogP contribution in [0.2, 0.25) is 0 Å². The first-order valence-electron chi connectivity index (χ1n) is 4.63. The van der Waals surface area contributed by atoms with Crippen molar-refractivity contribution in [3.8, 4) is 0 Å². The fourth-order valence-corrected chi connectivity index (χ4v) is 1.52. The minimum Gasteiger partial charge on any atom is -0.314 e. The fraction of sp³-hybridized carbons (Fsp3) is 1.00. The Balaban J connectivity index is 2.28. The van der Waals surface area contributed by atoms with E-state index in [0.29, 0.717) is 0 Å². The Hall–Kier alpha value is -0.150. The third kappa shape index (κ3) is 3.07. The highest BCUT2D eigenvalue weighted by Crippen LogP contribution is 2.17. The van der Waals surface area contributed by atoms with E-state index in [9.17, 15) is 4.39 Å². The first-order chi connectivity index (χ1) is 5.64. The van der Waals surface area contributed by atoms with Crippen LogP contribution >= 0.6 is 0 Å². The summed E-state index contributed by atoms with van der Waals surface area (Å²) in [6.45, 7) is 8.82. The molecule has 0 amide bonds. The summed E-state index contributed by atoms with van der Waals surface area (Å²) in [5, 5.41) is 3.28. The summed E-state index contributed by atoms with van der Waals surface area (Å²) in [6.07, 6.45) is 0. The van der Waals surface area contributed by atoms with E-state index < -0.39 is 0 Å². The second kappa shape index (κ2) is 4.19. The quantitative estimate of drug-likeness (QED) is 0.683. The molecule has 0 aromatic carbocycles. The fourth-order valence-electron chi connectivity index (χ4n) is 1.52. The summed E-state index contributed by atoms with van der Waals surface area (Å²) >= 11 is 0. The minimum atomic E-state index is -0.225. The van der Waals surface area contributed by atoms with Crippen LogP contribution in [0.25, 0.3) is 0 Å². The van der Waals surface area contributed by atoms with E-state index in [2.05, 4.69) is 10.2 Å². The van der Waals surface area contributed by atoms with Crippen molar-refractivity contribution in [1.82, 2.24) is 10.2 Å². The van der Waals surface area contributed by atoms with E-state index in [0.717, 1.165) is 32.7 Å². The van der Waals surface area contributed by atoms with Gasteiger partial charge < -0.3 is 10.2 Å². The Kier molecular flexibility index (Phi) is 3.47. The van der Waals surface area contributed by atoms with Gasteiger partial charge in [0, 0.05) is 38.1 Å². The van der Waals surface area contributed by atoms with Gasteiger partial charge in [0.2, 0.25) is 0 Å². The lowest BCUT2D eigenvalue weighted by atomic mass is 9.94. The maximum atomic E-state index is 12.5. The van der Waals surface area contributed by atoms with E-state index in [4.69, 9.17) is 0 Å². The zero-order valence-electron chi connectivity index (χ0n) is 8.07. The molecular weight excluding hydrogens is 155 g/mol. The molecule has 1 aliphatic heterocycles. The van der Waals surface area contributed by atoms with Crippen LogP contribution in [0.5, 0.6) is 0 Å². The van der Waals surface area contributed by atoms with Gasteiger partial charge in [-0.25, -0.2) is 0 Å². The zero-order chi connectivity index (χ0) is 9.03. The molecule has 72 valence electrons. The number of halogens is 1. The van der Waals surface area contributed by atoms with Crippen molar-refractivity contribution in [3.05, 3.63) is 0 Å². The summed E-state index contributed by atoms with van der Waals surface area (Å²) < 4.78 is 12.5. The maximum Gasteiger partial charge on any atom is 0.0957 e. The van der Waals surface area contributed by atoms with Gasteiger partial charge in [-0.15, -0.1) is 0 Å². The third-order valence-corrected chi connectivity index (χ3v) is 2.22. The molecule has 1 fully saturated rings. The highest BCUT2D eigenvalue weighted by molar-refractivity contribution is 4.76. The highest BCUT2D eigenvalue weighted by atomic mass is 19.1. The minimum absolute atomic E-state index is 0.169. The molecule has 0 bridgehead atoms. The number of alkyl halides is 1. The normalized spacial score (nSPS) is 21.2. The van der Waals surface area contributed by atoms with Crippen LogP contribution in [0.4, 0.5) is 4.39 Å². The number of nitrogens with zero attached hydrogens (tertiary/aromatic N) is 1. The van der Waals surface area contributed by atoms with Gasteiger partial charge in [-0.05, 0) is 0 Å². The number of rotatable bonds is 3. The van der Waals surface area contributed by atoms with Gasteiger partial charge in [-0.3, -0.25) is 4.39 Å². The molecule has 1 rings (SSSR count). The number of hydrogen-bond acceptors (Lipinski definition) is 2. The van der Waals surface area contributed by atoms with Gasteiger partial charge in [0.05, 0.1) is 6.67 Å². The monoisotopic (exact) mass is 174 g/mol. The first kappa shape index (κ1) is 9.93. The van der Waals surface area contributed by atoms with Crippen LogP contribution in [0.15, 0.2) is 0 Å². The van der Waals surface area contributed by atoms with Crippen LogP contribution in [-0.2, 0) is 0 Å². The van der Waals surface area contributed by atoms with Crippen molar-refractivity contribution < 1.29 is 4.39 Å². The zero-order valence-corrected chi connectivity index (χ0v) is 8.07. The van der Waals surface area contributed by atoms with Crippen molar-refractivity contribution in [2.45, 2.75) is 13.8 Å². The molecule has 0 spiro atoms. The van der Waals surface area contributed by atoms with Gasteiger partial charge in [0.1, 0.15) is 0 Å². The Bertz CT molecular complexity index is 130. The molecule has 0 atom stereocenters. The van der Waals surface area contributed by atoms with Crippen LogP contribution in [0.3, 0.4) is 0 Å². The van der Waals surface area contributed by atoms with Crippen molar-refractivity contribution in [2.24, 2.45) is 5.41 Å². The summed E-state index contributed by atoms with van der Waals surface area (Å²) in [4.78, 5) is 2.33. The second-order valence-electron chi connectivity index (χ2n) is 4.32. The smallest absolute Gasteiger partial charge is 0.0957 e. The molecule has 0 radical (unpaired) electrons. The Morgan fingerprint density at radius 2 is 1.92 bits per heavy atom. The molecule has 0 aromatic rings. The van der Waals surface area contributed by atoms with E-state index in [-0.39, 0.29) is 12.1 Å². The molecule has 0 aromatic heterocycles. The third-order valence-electron chi connectivity index (χ3n) is 2.22. The van der Waals surface area contributed by atoms with Crippen molar-refractivity contribution in [2.75, 3.05) is 39.4 Å². The number of hydrogen-bond donors (Lipinski definition) is 1. The lowest BCUT2D eigenvalue weighted by molar-refractivity contribution is 0.135. The van der Waals surface area contributed by atoms with Gasteiger partial charge in [-0.2, -0.15) is 0 Å². The molecule has 0 saturated carbocycles. The highest BCUT2D eigenvalue weighted by Gasteiger charge is 2.22. The summed E-state index contributed by atoms with van der Waals surface area (Å²) in [7, 11) is 0. The topological polar surface area (TPSA) is 15.3 Å². The SMILES string of the molecule is CC(C)(CF)CN1CCNCC1. The van der Waals surface area contributed by atoms with Crippen molar-refractivity contribution in [1.29, 1.82) is 0 Å². The average Bonchev–Trinajstić information content (AvgIpc) is 2.06. The predicted octanol–water partition coefficient (Wildman–Crippen LogP) is 0.887. The summed E-state index contributed by atoms with van der Waals surface area (Å²) in [5.74, 6) is 0. The summed E-state index contributed by atoms with van der Waals surface area (Å²) in [5.41, 5.74) is -0.169. The molecule has 12 heavy (non-hydrogen) atoms.